The van der Waals surface area contributed by atoms with Crippen LogP contribution in [-0.2, 0) is 23.1 Å². The van der Waals surface area contributed by atoms with Crippen LogP contribution < -0.4 is 0 Å². The molecule has 0 fully saturated rings. The number of phosphoric acid groups is 1. The van der Waals surface area contributed by atoms with Crippen molar-refractivity contribution in [1.29, 1.82) is 0 Å². The molecular weight excluding hydrogens is 1320 g/mol. The van der Waals surface area contributed by atoms with Crippen molar-refractivity contribution in [3.05, 3.63) is 0 Å². The summed E-state index contributed by atoms with van der Waals surface area (Å²) in [6.07, 6.45) is -23.6. The minimum Gasteiger partial charge on any atom is -0.379 e. The van der Waals surface area contributed by atoms with E-state index in [0.717, 1.165) is 0 Å². The second-order valence-corrected chi connectivity index (χ2v) is 22.1. The Morgan fingerprint density at radius 1 is 0.326 bits per heavy atom. The molecule has 0 saturated heterocycles. The lowest BCUT2D eigenvalue weighted by molar-refractivity contribution is -0.870. The Hall–Kier alpha value is -2.39. The van der Waals surface area contributed by atoms with E-state index in [9.17, 15) is 159 Å². The molecule has 0 aromatic heterocycles. The lowest BCUT2D eigenvalue weighted by atomic mass is 9.87. The maximum atomic E-state index is 14.2. The molecule has 0 aliphatic rings. The highest BCUT2D eigenvalue weighted by molar-refractivity contribution is 7.47. The number of unbranched alkanes of at least 4 members (excludes halogenated alkanes) is 14. The standard InChI is InChI=1S/C44H58F34NO6P/c1-79(2,3)22-25-84-86(80,81)85-27-28(83-24-19-15-11-7-5-9-13-17-21-30(47,48)32(51,52)34(55,56)36(59,60)38(63,64)40(67,68)42(71,72)44(76,77)78)26-82-23-18-14-10-6-4-8-12-16-20-29(45,46)31(49,50)33(53,54)35(57,58)37(61,62)39(65,66)41(69,70)43(73,74)75/h28H,4-27H2,1-3H3/p+1/t28-/m1/s1. The van der Waals surface area contributed by atoms with E-state index in [4.69, 9.17) is 18.5 Å². The molecule has 0 heterocycles. The number of hydrogen-bond acceptors (Lipinski definition) is 5. The van der Waals surface area contributed by atoms with Crippen LogP contribution in [0.15, 0.2) is 0 Å². The number of phosphoric ester groups is 1. The normalized spacial score (nSPS) is 16.5. The van der Waals surface area contributed by atoms with Crippen LogP contribution in [0, 0.1) is 0 Å². The molecule has 0 amide bonds. The van der Waals surface area contributed by atoms with Gasteiger partial charge in [0.15, 0.2) is 0 Å². The Labute approximate surface area is 467 Å². The van der Waals surface area contributed by atoms with Crippen LogP contribution >= 0.6 is 7.82 Å². The molecule has 42 heteroatoms. The maximum Gasteiger partial charge on any atom is 0.472 e. The first-order chi connectivity index (χ1) is 38.0. The molecule has 7 nitrogen and oxygen atoms in total. The van der Waals surface area contributed by atoms with Crippen LogP contribution in [-0.4, -0.2) is 171 Å². The molecule has 0 aliphatic heterocycles. The molecule has 0 bridgehead atoms. The Kier molecular flexibility index (Phi) is 28.7. The minimum absolute atomic E-state index is 0.0427. The van der Waals surface area contributed by atoms with E-state index in [1.807, 2.05) is 0 Å². The number of nitrogens with zero attached hydrogens (tertiary/aromatic N) is 1. The van der Waals surface area contributed by atoms with Gasteiger partial charge in [-0.15, -0.1) is 0 Å². The van der Waals surface area contributed by atoms with Gasteiger partial charge in [-0.1, -0.05) is 77.0 Å². The van der Waals surface area contributed by atoms with Crippen LogP contribution in [0.1, 0.15) is 116 Å². The van der Waals surface area contributed by atoms with Crippen LogP contribution in [0.2, 0.25) is 0 Å². The fourth-order valence-electron chi connectivity index (χ4n) is 7.08. The summed E-state index contributed by atoms with van der Waals surface area (Å²) in [6.45, 7) is -1.10. The highest BCUT2D eigenvalue weighted by atomic mass is 31.2. The van der Waals surface area contributed by atoms with Crippen molar-refractivity contribution in [1.82, 2.24) is 0 Å². The van der Waals surface area contributed by atoms with Gasteiger partial charge in [0.25, 0.3) is 0 Å². The van der Waals surface area contributed by atoms with Crippen LogP contribution in [0.25, 0.3) is 0 Å². The van der Waals surface area contributed by atoms with Crippen molar-refractivity contribution in [2.24, 2.45) is 0 Å². The summed E-state index contributed by atoms with van der Waals surface area (Å²) in [4.78, 5) is 10.1. The molecule has 0 aliphatic carbocycles. The van der Waals surface area contributed by atoms with Gasteiger partial charge in [0.2, 0.25) is 0 Å². The van der Waals surface area contributed by atoms with Gasteiger partial charge < -0.3 is 18.9 Å². The third kappa shape index (κ3) is 18.7. The molecule has 2 atom stereocenters. The summed E-state index contributed by atoms with van der Waals surface area (Å²) < 4.78 is 492. The van der Waals surface area contributed by atoms with Gasteiger partial charge in [-0.3, -0.25) is 9.05 Å². The van der Waals surface area contributed by atoms with Gasteiger partial charge in [0.1, 0.15) is 19.3 Å². The summed E-state index contributed by atoms with van der Waals surface area (Å²) in [6, 6.07) is 0. The zero-order valence-corrected chi connectivity index (χ0v) is 45.7. The second kappa shape index (κ2) is 29.5. The van der Waals surface area contributed by atoms with Crippen molar-refractivity contribution in [3.63, 3.8) is 0 Å². The highest BCUT2D eigenvalue weighted by Gasteiger charge is 2.97. The van der Waals surface area contributed by atoms with Crippen molar-refractivity contribution < 1.29 is 182 Å². The number of halogens is 34. The number of alkyl halides is 34. The molecular formula is C44H59F34NO6P+. The average Bonchev–Trinajstić information content (AvgIpc) is 0.716. The summed E-state index contributed by atoms with van der Waals surface area (Å²) >= 11 is 0. The summed E-state index contributed by atoms with van der Waals surface area (Å²) in [5, 5.41) is 0. The summed E-state index contributed by atoms with van der Waals surface area (Å²) in [5.41, 5.74) is 0. The van der Waals surface area contributed by atoms with Gasteiger partial charge in [-0.05, 0) is 25.7 Å². The highest BCUT2D eigenvalue weighted by Crippen LogP contribution is 2.66. The van der Waals surface area contributed by atoms with E-state index in [0.29, 0.717) is 30.2 Å². The second-order valence-electron chi connectivity index (χ2n) is 20.6. The number of rotatable bonds is 44. The lowest BCUT2D eigenvalue weighted by Gasteiger charge is -2.42. The van der Waals surface area contributed by atoms with Crippen molar-refractivity contribution in [2.45, 2.75) is 217 Å². The average molecular weight is 1370 g/mol. The van der Waals surface area contributed by atoms with E-state index in [1.54, 1.807) is 21.1 Å². The van der Waals surface area contributed by atoms with Gasteiger partial charge in [0.05, 0.1) is 34.4 Å². The van der Waals surface area contributed by atoms with Crippen molar-refractivity contribution in [3.8, 4) is 0 Å². The minimum atomic E-state index is -8.72. The zero-order valence-electron chi connectivity index (χ0n) is 44.8. The molecule has 0 rings (SSSR count). The number of likely N-dealkylation sites (N-methyl/N-ethyl adjacent to an activating group) is 1. The fourth-order valence-corrected chi connectivity index (χ4v) is 7.82. The monoisotopic (exact) mass is 1370 g/mol. The van der Waals surface area contributed by atoms with Gasteiger partial charge in [-0.2, -0.15) is 149 Å². The zero-order chi connectivity index (χ0) is 68.4. The van der Waals surface area contributed by atoms with Crippen LogP contribution in [0.5, 0.6) is 0 Å². The lowest BCUT2D eigenvalue weighted by Crippen LogP contribution is -2.74. The van der Waals surface area contributed by atoms with E-state index < -0.39 is 154 Å². The largest absolute Gasteiger partial charge is 0.472 e. The van der Waals surface area contributed by atoms with E-state index in [1.165, 1.54) is 0 Å². The van der Waals surface area contributed by atoms with E-state index in [-0.39, 0.29) is 84.3 Å². The predicted molar refractivity (Wildman–Crippen MR) is 230 cm³/mol. The third-order valence-electron chi connectivity index (χ3n) is 12.6. The first-order valence-corrected chi connectivity index (χ1v) is 26.5. The van der Waals surface area contributed by atoms with Crippen LogP contribution in [0.4, 0.5) is 149 Å². The summed E-state index contributed by atoms with van der Waals surface area (Å²) in [7, 11) is 0.480. The predicted octanol–water partition coefficient (Wildman–Crippen LogP) is 18.3. The van der Waals surface area contributed by atoms with Gasteiger partial charge in [-0.25, -0.2) is 4.57 Å². The Morgan fingerprint density at radius 2 is 0.581 bits per heavy atom. The first-order valence-electron chi connectivity index (χ1n) is 25.0. The third-order valence-corrected chi connectivity index (χ3v) is 13.6. The molecule has 1 N–H and O–H groups in total. The molecule has 0 aromatic carbocycles. The number of ether oxygens (including phenoxy) is 2. The first kappa shape index (κ1) is 83.6. The number of quaternary nitrogens is 1. The number of hydrogen-bond donors (Lipinski definition) is 1. The smallest absolute Gasteiger partial charge is 0.379 e. The Balaban J connectivity index is 5.20. The van der Waals surface area contributed by atoms with Crippen molar-refractivity contribution >= 4 is 7.82 Å². The molecule has 0 spiro atoms. The molecule has 86 heavy (non-hydrogen) atoms. The Morgan fingerprint density at radius 3 is 0.872 bits per heavy atom. The van der Waals surface area contributed by atoms with Gasteiger partial charge >= 0.3 is 103 Å². The topological polar surface area (TPSA) is 74.2 Å². The molecule has 0 radical (unpaired) electrons. The SMILES string of the molecule is C[N+](C)(C)CCOP(=O)(O)OC[C@@H](COCCCCCCCCCCC(F)(F)C(F)(F)C(F)(F)C(F)(F)C(F)(F)C(F)(F)C(F)(F)C(F)(F)F)OCCCCCCCCCCC(F)(F)C(F)(F)C(F)(F)C(F)(F)C(F)(F)C(F)(F)C(F)(F)C(F)(F)F. The van der Waals surface area contributed by atoms with E-state index in [2.05, 4.69) is 0 Å². The fraction of sp³-hybridized carbons (Fsp3) is 1.00. The van der Waals surface area contributed by atoms with Gasteiger partial charge in [0, 0.05) is 26.1 Å². The Bertz CT molecular complexity index is 2080. The summed E-state index contributed by atoms with van der Waals surface area (Å²) in [5.74, 6) is -114. The molecule has 1 unspecified atom stereocenters. The van der Waals surface area contributed by atoms with Crippen molar-refractivity contribution in [2.75, 3.05) is 60.7 Å². The molecule has 0 saturated carbocycles. The van der Waals surface area contributed by atoms with Crippen LogP contribution in [0.3, 0.4) is 0 Å². The van der Waals surface area contributed by atoms with E-state index >= 15 is 0 Å². The molecule has 518 valence electrons. The maximum absolute atomic E-state index is 14.2. The molecule has 0 aromatic rings. The quantitative estimate of drug-likeness (QED) is 0.0284.